The molecule has 1 unspecified atom stereocenters. The van der Waals surface area contributed by atoms with Crippen LogP contribution in [0.25, 0.3) is 10.2 Å². The Labute approximate surface area is 180 Å². The summed E-state index contributed by atoms with van der Waals surface area (Å²) >= 11 is 1.65. The summed E-state index contributed by atoms with van der Waals surface area (Å²) in [6.07, 6.45) is -1.53. The predicted molar refractivity (Wildman–Crippen MR) is 112 cm³/mol. The van der Waals surface area contributed by atoms with Crippen molar-refractivity contribution in [1.29, 1.82) is 0 Å². The van der Waals surface area contributed by atoms with Crippen LogP contribution in [0, 0.1) is 0 Å². The molecule has 166 valence electrons. The van der Waals surface area contributed by atoms with E-state index in [-0.39, 0.29) is 19.1 Å². The summed E-state index contributed by atoms with van der Waals surface area (Å²) in [6.45, 7) is 4.71. The smallest absolute Gasteiger partial charge is 0.350 e. The Balaban J connectivity index is 1.51. The number of anilines is 2. The summed E-state index contributed by atoms with van der Waals surface area (Å²) in [6, 6.07) is 2.37. The Morgan fingerprint density at radius 2 is 2.13 bits per heavy atom. The lowest BCUT2D eigenvalue weighted by Crippen LogP contribution is -2.36. The predicted octanol–water partition coefficient (Wildman–Crippen LogP) is 3.05. The molecule has 2 aliphatic rings. The summed E-state index contributed by atoms with van der Waals surface area (Å²) in [7, 11) is 0. The van der Waals surface area contributed by atoms with Gasteiger partial charge >= 0.3 is 6.18 Å². The van der Waals surface area contributed by atoms with Gasteiger partial charge in [-0.25, -0.2) is 4.98 Å². The first-order chi connectivity index (χ1) is 14.9. The van der Waals surface area contributed by atoms with Gasteiger partial charge in [0.2, 0.25) is 11.8 Å². The maximum absolute atomic E-state index is 13.2. The van der Waals surface area contributed by atoms with Crippen molar-refractivity contribution in [3.8, 4) is 0 Å². The third-order valence-corrected chi connectivity index (χ3v) is 6.71. The Bertz CT molecular complexity index is 1090. The molecule has 0 amide bonds. The van der Waals surface area contributed by atoms with Crippen molar-refractivity contribution in [3.63, 3.8) is 0 Å². The van der Waals surface area contributed by atoms with E-state index in [0.717, 1.165) is 53.0 Å². The summed E-state index contributed by atoms with van der Waals surface area (Å²) < 4.78 is 40.7. The van der Waals surface area contributed by atoms with Gasteiger partial charge in [0.25, 0.3) is 0 Å². The monoisotopic (exact) mass is 452 g/mol. The number of thiophene rings is 1. The molecule has 2 N–H and O–H groups in total. The fourth-order valence-corrected chi connectivity index (χ4v) is 5.26. The van der Waals surface area contributed by atoms with Gasteiger partial charge < -0.3 is 20.1 Å². The van der Waals surface area contributed by atoms with Gasteiger partial charge in [-0.2, -0.15) is 18.2 Å². The first kappa shape index (κ1) is 20.4. The standard InChI is InChI=1S/C19H23F3N8S/c1-2-3-12-8-13-15(25-18(26-16(13)31-12)24-11-4-5-23-9-11)29-6-7-30-14(10-29)27-28-17(30)19(20,21)22/h8,11,23H,2-7,9-10H2,1H3,(H,24,25,26). The number of halogens is 3. The zero-order chi connectivity index (χ0) is 21.6. The van der Waals surface area contributed by atoms with Crippen molar-refractivity contribution in [2.75, 3.05) is 29.9 Å². The Morgan fingerprint density at radius 1 is 1.26 bits per heavy atom. The normalized spacial score (nSPS) is 19.2. The lowest BCUT2D eigenvalue weighted by molar-refractivity contribution is -0.147. The third-order valence-electron chi connectivity index (χ3n) is 5.62. The molecule has 5 heterocycles. The van der Waals surface area contributed by atoms with Gasteiger partial charge in [0.15, 0.2) is 5.82 Å². The highest BCUT2D eigenvalue weighted by molar-refractivity contribution is 7.18. The van der Waals surface area contributed by atoms with Crippen molar-refractivity contribution >= 4 is 33.3 Å². The van der Waals surface area contributed by atoms with Crippen LogP contribution in [0.1, 0.15) is 36.3 Å². The topological polar surface area (TPSA) is 83.8 Å². The van der Waals surface area contributed by atoms with Crippen LogP contribution in [0.2, 0.25) is 0 Å². The number of aromatic nitrogens is 5. The minimum Gasteiger partial charge on any atom is -0.350 e. The second-order valence-electron chi connectivity index (χ2n) is 7.90. The molecule has 1 fully saturated rings. The molecule has 1 saturated heterocycles. The van der Waals surface area contributed by atoms with E-state index >= 15 is 0 Å². The largest absolute Gasteiger partial charge is 0.451 e. The number of hydrogen-bond donors (Lipinski definition) is 2. The molecular formula is C19H23F3N8S. The van der Waals surface area contributed by atoms with E-state index in [1.54, 1.807) is 11.3 Å². The summed E-state index contributed by atoms with van der Waals surface area (Å²) in [5.41, 5.74) is 0. The lowest BCUT2D eigenvalue weighted by atomic mass is 10.2. The van der Waals surface area contributed by atoms with Gasteiger partial charge in [-0.15, -0.1) is 21.5 Å². The van der Waals surface area contributed by atoms with E-state index < -0.39 is 12.0 Å². The number of nitrogens with zero attached hydrogens (tertiary/aromatic N) is 6. The maximum atomic E-state index is 13.2. The van der Waals surface area contributed by atoms with Crippen molar-refractivity contribution in [1.82, 2.24) is 30.0 Å². The van der Waals surface area contributed by atoms with Crippen molar-refractivity contribution < 1.29 is 13.2 Å². The fraction of sp³-hybridized carbons (Fsp3) is 0.579. The van der Waals surface area contributed by atoms with Gasteiger partial charge in [0, 0.05) is 30.6 Å². The molecule has 0 aliphatic carbocycles. The number of fused-ring (bicyclic) bond motifs is 2. The van der Waals surface area contributed by atoms with Gasteiger partial charge in [-0.1, -0.05) is 13.3 Å². The number of hydrogen-bond acceptors (Lipinski definition) is 8. The molecule has 2 aliphatic heterocycles. The molecular weight excluding hydrogens is 429 g/mol. The second-order valence-corrected chi connectivity index (χ2v) is 9.01. The quantitative estimate of drug-likeness (QED) is 0.616. The zero-order valence-electron chi connectivity index (χ0n) is 17.0. The lowest BCUT2D eigenvalue weighted by Gasteiger charge is -2.29. The van der Waals surface area contributed by atoms with Crippen LogP contribution in [-0.4, -0.2) is 50.4 Å². The van der Waals surface area contributed by atoms with Crippen molar-refractivity contribution in [2.45, 2.75) is 51.5 Å². The van der Waals surface area contributed by atoms with E-state index in [4.69, 9.17) is 9.97 Å². The number of nitrogens with one attached hydrogen (secondary N) is 2. The van der Waals surface area contributed by atoms with Crippen molar-refractivity contribution in [3.05, 3.63) is 22.6 Å². The van der Waals surface area contributed by atoms with E-state index in [9.17, 15) is 13.2 Å². The van der Waals surface area contributed by atoms with E-state index in [1.165, 1.54) is 4.88 Å². The van der Waals surface area contributed by atoms with Crippen LogP contribution in [-0.2, 0) is 25.7 Å². The maximum Gasteiger partial charge on any atom is 0.451 e. The van der Waals surface area contributed by atoms with E-state index in [0.29, 0.717) is 18.3 Å². The molecule has 1 atom stereocenters. The summed E-state index contributed by atoms with van der Waals surface area (Å²) in [4.78, 5) is 13.6. The zero-order valence-corrected chi connectivity index (χ0v) is 17.9. The molecule has 0 spiro atoms. The molecule has 0 bridgehead atoms. The minimum atomic E-state index is -4.51. The summed E-state index contributed by atoms with van der Waals surface area (Å²) in [5, 5.41) is 14.9. The van der Waals surface area contributed by atoms with Crippen LogP contribution < -0.4 is 15.5 Å². The average Bonchev–Trinajstić information content (AvgIpc) is 3.45. The molecule has 0 radical (unpaired) electrons. The third kappa shape index (κ3) is 3.93. The Morgan fingerprint density at radius 3 is 2.87 bits per heavy atom. The van der Waals surface area contributed by atoms with E-state index in [1.807, 2.05) is 4.90 Å². The van der Waals surface area contributed by atoms with E-state index in [2.05, 4.69) is 33.8 Å². The average molecular weight is 453 g/mol. The van der Waals surface area contributed by atoms with Gasteiger partial charge in [-0.05, 0) is 25.5 Å². The number of alkyl halides is 3. The number of rotatable bonds is 5. The van der Waals surface area contributed by atoms with Gasteiger partial charge in [0.1, 0.15) is 10.6 Å². The van der Waals surface area contributed by atoms with Crippen LogP contribution in [0.15, 0.2) is 6.07 Å². The van der Waals surface area contributed by atoms with Crippen LogP contribution in [0.5, 0.6) is 0 Å². The summed E-state index contributed by atoms with van der Waals surface area (Å²) in [5.74, 6) is 0.652. The highest BCUT2D eigenvalue weighted by Gasteiger charge is 2.39. The highest BCUT2D eigenvalue weighted by atomic mass is 32.1. The molecule has 3 aromatic rings. The Hall–Kier alpha value is -2.47. The van der Waals surface area contributed by atoms with Crippen LogP contribution in [0.4, 0.5) is 24.9 Å². The molecule has 5 rings (SSSR count). The molecule has 0 saturated carbocycles. The molecule has 8 nitrogen and oxygen atoms in total. The van der Waals surface area contributed by atoms with Crippen LogP contribution in [0.3, 0.4) is 0 Å². The van der Waals surface area contributed by atoms with Gasteiger partial charge in [0.05, 0.1) is 11.9 Å². The minimum absolute atomic E-state index is 0.157. The number of aryl methyl sites for hydroxylation is 1. The molecule has 0 aromatic carbocycles. The fourth-order valence-electron chi connectivity index (χ4n) is 4.14. The second kappa shape index (κ2) is 7.90. The van der Waals surface area contributed by atoms with Gasteiger partial charge in [-0.3, -0.25) is 0 Å². The SMILES string of the molecule is CCCc1cc2c(N3CCn4c(nnc4C(F)(F)F)C3)nc(NC3CCNC3)nc2s1. The Kier molecular flexibility index (Phi) is 5.21. The van der Waals surface area contributed by atoms with Crippen molar-refractivity contribution in [2.24, 2.45) is 0 Å². The molecule has 12 heteroatoms. The molecule has 3 aromatic heterocycles. The van der Waals surface area contributed by atoms with Crippen LogP contribution >= 0.6 is 11.3 Å². The highest BCUT2D eigenvalue weighted by Crippen LogP contribution is 2.35. The molecule has 31 heavy (non-hydrogen) atoms. The first-order valence-electron chi connectivity index (χ1n) is 10.4. The first-order valence-corrected chi connectivity index (χ1v) is 11.3.